The first kappa shape index (κ1) is 20.3. The van der Waals surface area contributed by atoms with Crippen LogP contribution in [0.5, 0.6) is 11.5 Å². The molecule has 29 heavy (non-hydrogen) atoms. The Kier molecular flexibility index (Phi) is 7.10. The molecule has 0 radical (unpaired) electrons. The fraction of sp³-hybridized carbons (Fsp3) is 0.273. The fourth-order valence-electron chi connectivity index (χ4n) is 2.85. The lowest BCUT2D eigenvalue weighted by molar-refractivity contribution is 0.354. The number of nitrogens with one attached hydrogen (secondary N) is 2. The van der Waals surface area contributed by atoms with Gasteiger partial charge < -0.3 is 20.1 Å². The molecule has 152 valence electrons. The van der Waals surface area contributed by atoms with E-state index in [1.807, 2.05) is 72.5 Å². The van der Waals surface area contributed by atoms with Crippen LogP contribution < -0.4 is 20.1 Å². The van der Waals surface area contributed by atoms with E-state index in [1.54, 1.807) is 14.2 Å². The fourth-order valence-corrected chi connectivity index (χ4v) is 2.85. The van der Waals surface area contributed by atoms with Gasteiger partial charge in [-0.1, -0.05) is 24.3 Å². The maximum atomic E-state index is 5.37. The first-order valence-corrected chi connectivity index (χ1v) is 9.55. The van der Waals surface area contributed by atoms with E-state index in [9.17, 15) is 0 Å². The van der Waals surface area contributed by atoms with Crippen LogP contribution in [0.3, 0.4) is 0 Å². The summed E-state index contributed by atoms with van der Waals surface area (Å²) in [6.45, 7) is 3.98. The Morgan fingerprint density at radius 1 is 1.00 bits per heavy atom. The van der Waals surface area contributed by atoms with E-state index in [2.05, 4.69) is 20.7 Å². The lowest BCUT2D eigenvalue weighted by Gasteiger charge is -2.13. The van der Waals surface area contributed by atoms with Gasteiger partial charge in [-0.25, -0.2) is 9.67 Å². The smallest absolute Gasteiger partial charge is 0.191 e. The molecule has 0 unspecified atom stereocenters. The van der Waals surface area contributed by atoms with Gasteiger partial charge in [0.2, 0.25) is 0 Å². The monoisotopic (exact) mass is 393 g/mol. The molecule has 0 aliphatic heterocycles. The van der Waals surface area contributed by atoms with Crippen molar-refractivity contribution in [1.29, 1.82) is 0 Å². The Morgan fingerprint density at radius 3 is 2.52 bits per heavy atom. The number of para-hydroxylation sites is 1. The van der Waals surface area contributed by atoms with Gasteiger partial charge in [-0.2, -0.15) is 5.10 Å². The highest BCUT2D eigenvalue weighted by Crippen LogP contribution is 2.27. The summed E-state index contributed by atoms with van der Waals surface area (Å²) in [5.74, 6) is 2.17. The second-order valence-corrected chi connectivity index (χ2v) is 6.37. The van der Waals surface area contributed by atoms with Crippen LogP contribution in [0.2, 0.25) is 0 Å². The maximum absolute atomic E-state index is 5.37. The molecule has 3 rings (SSSR count). The molecule has 1 heterocycles. The highest BCUT2D eigenvalue weighted by atomic mass is 16.5. The van der Waals surface area contributed by atoms with E-state index >= 15 is 0 Å². The van der Waals surface area contributed by atoms with E-state index in [1.165, 1.54) is 0 Å². The molecule has 2 N–H and O–H groups in total. The molecule has 0 spiro atoms. The average molecular weight is 393 g/mol. The average Bonchev–Trinajstić information content (AvgIpc) is 3.25. The van der Waals surface area contributed by atoms with Crippen molar-refractivity contribution in [2.24, 2.45) is 4.99 Å². The van der Waals surface area contributed by atoms with Crippen LogP contribution in [0.4, 0.5) is 0 Å². The van der Waals surface area contributed by atoms with Crippen LogP contribution in [0.15, 0.2) is 65.9 Å². The first-order chi connectivity index (χ1) is 14.2. The summed E-state index contributed by atoms with van der Waals surface area (Å²) in [6.07, 6.45) is 3.84. The summed E-state index contributed by atoms with van der Waals surface area (Å²) in [4.78, 5) is 4.67. The van der Waals surface area contributed by atoms with Gasteiger partial charge in [-0.15, -0.1) is 0 Å². The number of hydrogen-bond acceptors (Lipinski definition) is 4. The van der Waals surface area contributed by atoms with Gasteiger partial charge in [0.25, 0.3) is 0 Å². The van der Waals surface area contributed by atoms with Gasteiger partial charge in [-0.3, -0.25) is 0 Å². The van der Waals surface area contributed by atoms with Gasteiger partial charge in [0.15, 0.2) is 17.5 Å². The van der Waals surface area contributed by atoms with Crippen molar-refractivity contribution in [3.05, 3.63) is 72.1 Å². The van der Waals surface area contributed by atoms with E-state index in [4.69, 9.17) is 9.47 Å². The molecule has 0 amide bonds. The Morgan fingerprint density at radius 2 is 1.79 bits per heavy atom. The quantitative estimate of drug-likeness (QED) is 0.454. The third kappa shape index (κ3) is 5.51. The topological polar surface area (TPSA) is 72.7 Å². The molecule has 0 atom stereocenters. The Balaban J connectivity index is 1.64. The molecule has 2 aromatic carbocycles. The predicted molar refractivity (Wildman–Crippen MR) is 115 cm³/mol. The van der Waals surface area contributed by atoms with Crippen molar-refractivity contribution in [3.63, 3.8) is 0 Å². The highest BCUT2D eigenvalue weighted by Gasteiger charge is 2.06. The minimum atomic E-state index is 0.536. The second kappa shape index (κ2) is 10.2. The summed E-state index contributed by atoms with van der Waals surface area (Å²) in [5.41, 5.74) is 3.14. The molecule has 0 saturated carbocycles. The van der Waals surface area contributed by atoms with E-state index < -0.39 is 0 Å². The summed E-state index contributed by atoms with van der Waals surface area (Å²) < 4.78 is 12.5. The number of methoxy groups -OCH3 is 2. The zero-order valence-corrected chi connectivity index (χ0v) is 17.1. The number of ether oxygens (including phenoxy) is 2. The van der Waals surface area contributed by atoms with Crippen LogP contribution in [-0.2, 0) is 13.1 Å². The number of nitrogens with zero attached hydrogens (tertiary/aromatic N) is 3. The van der Waals surface area contributed by atoms with Gasteiger partial charge in [0.1, 0.15) is 0 Å². The Labute approximate surface area is 171 Å². The molecule has 0 fully saturated rings. The number of hydrogen-bond donors (Lipinski definition) is 2. The minimum absolute atomic E-state index is 0.536. The normalized spacial score (nSPS) is 11.2. The van der Waals surface area contributed by atoms with Crippen LogP contribution in [0.25, 0.3) is 5.69 Å². The molecule has 7 nitrogen and oxygen atoms in total. The molecule has 0 aliphatic carbocycles. The van der Waals surface area contributed by atoms with Crippen molar-refractivity contribution >= 4 is 5.96 Å². The minimum Gasteiger partial charge on any atom is -0.493 e. The molecule has 7 heteroatoms. The third-order valence-corrected chi connectivity index (χ3v) is 4.33. The number of guanidine groups is 1. The van der Waals surface area contributed by atoms with Crippen LogP contribution >= 0.6 is 0 Å². The molecule has 0 saturated heterocycles. The maximum Gasteiger partial charge on any atom is 0.191 e. The Hall–Kier alpha value is -3.48. The largest absolute Gasteiger partial charge is 0.493 e. The van der Waals surface area contributed by atoms with Crippen molar-refractivity contribution in [2.45, 2.75) is 20.0 Å². The number of rotatable bonds is 8. The summed E-state index contributed by atoms with van der Waals surface area (Å²) in [7, 11) is 3.27. The van der Waals surface area contributed by atoms with Gasteiger partial charge in [0, 0.05) is 24.8 Å². The summed E-state index contributed by atoms with van der Waals surface area (Å²) >= 11 is 0. The lowest BCUT2D eigenvalue weighted by Crippen LogP contribution is -2.36. The molecule has 0 bridgehead atoms. The third-order valence-electron chi connectivity index (χ3n) is 4.33. The van der Waals surface area contributed by atoms with Crippen molar-refractivity contribution < 1.29 is 9.47 Å². The molecule has 3 aromatic rings. The summed E-state index contributed by atoms with van der Waals surface area (Å²) in [6, 6.07) is 15.9. The highest BCUT2D eigenvalue weighted by molar-refractivity contribution is 5.79. The van der Waals surface area contributed by atoms with Gasteiger partial charge in [0.05, 0.1) is 32.6 Å². The first-order valence-electron chi connectivity index (χ1n) is 9.55. The predicted octanol–water partition coefficient (Wildman–Crippen LogP) is 3.14. The van der Waals surface area contributed by atoms with Gasteiger partial charge in [-0.05, 0) is 36.8 Å². The lowest BCUT2D eigenvalue weighted by atomic mass is 10.2. The van der Waals surface area contributed by atoms with Crippen LogP contribution in [0.1, 0.15) is 18.1 Å². The van der Waals surface area contributed by atoms with Crippen LogP contribution in [0, 0.1) is 0 Å². The number of benzene rings is 2. The standard InChI is InChI=1S/C22H27N5O2/c1-4-23-22(24-13-17-10-11-20(28-2)21(12-17)29-3)25-14-18-15-26-27(16-18)19-8-6-5-7-9-19/h5-12,15-16H,4,13-14H2,1-3H3,(H2,23,24,25). The van der Waals surface area contributed by atoms with E-state index in [-0.39, 0.29) is 0 Å². The van der Waals surface area contributed by atoms with Crippen molar-refractivity contribution in [2.75, 3.05) is 20.8 Å². The molecule has 0 aliphatic rings. The Bertz CT molecular complexity index is 937. The van der Waals surface area contributed by atoms with E-state index in [0.717, 1.165) is 29.3 Å². The van der Waals surface area contributed by atoms with Gasteiger partial charge >= 0.3 is 0 Å². The van der Waals surface area contributed by atoms with Crippen LogP contribution in [-0.4, -0.2) is 36.5 Å². The molecular formula is C22H27N5O2. The summed E-state index contributed by atoms with van der Waals surface area (Å²) in [5, 5.41) is 11.0. The van der Waals surface area contributed by atoms with Crippen molar-refractivity contribution in [1.82, 2.24) is 20.4 Å². The van der Waals surface area contributed by atoms with Crippen molar-refractivity contribution in [3.8, 4) is 17.2 Å². The molecule has 1 aromatic heterocycles. The second-order valence-electron chi connectivity index (χ2n) is 6.37. The zero-order valence-electron chi connectivity index (χ0n) is 17.1. The molecular weight excluding hydrogens is 366 g/mol. The SMILES string of the molecule is CCNC(=NCc1cnn(-c2ccccc2)c1)NCc1ccc(OC)c(OC)c1. The zero-order chi connectivity index (χ0) is 20.5. The van der Waals surface area contributed by atoms with E-state index in [0.29, 0.717) is 24.6 Å². The number of aliphatic imine (C=N–C) groups is 1. The number of aromatic nitrogens is 2.